The van der Waals surface area contributed by atoms with Gasteiger partial charge in [-0.3, -0.25) is 0 Å². The minimum absolute atomic E-state index is 0.518. The third kappa shape index (κ3) is 6.19. The molecule has 0 saturated heterocycles. The van der Waals surface area contributed by atoms with E-state index in [1.54, 1.807) is 21.3 Å². The molecule has 0 aromatic heterocycles. The topological polar surface area (TPSA) is 67.4 Å². The van der Waals surface area contributed by atoms with Crippen molar-refractivity contribution in [1.82, 2.24) is 15.5 Å². The molecule has 1 aliphatic carbocycles. The molecule has 7 heteroatoms. The Labute approximate surface area is 169 Å². The molecule has 0 radical (unpaired) electrons. The third-order valence-corrected chi connectivity index (χ3v) is 5.19. The molecule has 0 spiro atoms. The lowest BCUT2D eigenvalue weighted by molar-refractivity contribution is 0.249. The van der Waals surface area contributed by atoms with E-state index < -0.39 is 0 Å². The van der Waals surface area contributed by atoms with Crippen LogP contribution >= 0.6 is 0 Å². The van der Waals surface area contributed by atoms with Crippen molar-refractivity contribution in [3.63, 3.8) is 0 Å². The molecule has 0 unspecified atom stereocenters. The van der Waals surface area contributed by atoms with E-state index in [4.69, 9.17) is 19.2 Å². The van der Waals surface area contributed by atoms with Crippen LogP contribution in [0.25, 0.3) is 0 Å². The van der Waals surface area contributed by atoms with E-state index in [0.29, 0.717) is 23.8 Å². The van der Waals surface area contributed by atoms with Crippen LogP contribution in [0.1, 0.15) is 38.2 Å². The van der Waals surface area contributed by atoms with Crippen LogP contribution in [0.3, 0.4) is 0 Å². The number of nitrogens with one attached hydrogen (secondary N) is 2. The van der Waals surface area contributed by atoms with E-state index in [1.165, 1.54) is 25.7 Å². The van der Waals surface area contributed by atoms with Gasteiger partial charge in [0, 0.05) is 25.7 Å². The summed E-state index contributed by atoms with van der Waals surface area (Å²) in [6, 6.07) is 4.60. The van der Waals surface area contributed by atoms with Crippen molar-refractivity contribution in [2.45, 2.75) is 45.2 Å². The van der Waals surface area contributed by atoms with Crippen LogP contribution in [0.15, 0.2) is 17.1 Å². The number of aliphatic imine (C=N–C) groups is 1. The SMILES string of the molecule is CCNC(=NCc1cc(OC)c(OC)c(OC)c1)NCCN(C)C1CCCC1. The van der Waals surface area contributed by atoms with Crippen molar-refractivity contribution in [1.29, 1.82) is 0 Å². The predicted octanol–water partition coefficient (Wildman–Crippen LogP) is 2.64. The Bertz CT molecular complexity index is 605. The van der Waals surface area contributed by atoms with Gasteiger partial charge in [-0.1, -0.05) is 12.8 Å². The standard InChI is InChI=1S/C21H36N4O3/c1-6-22-21(23-11-12-25(2)17-9-7-8-10-17)24-15-16-13-18(26-3)20(28-5)19(14-16)27-4/h13-14,17H,6-12,15H2,1-5H3,(H2,22,23,24). The molecule has 1 aromatic carbocycles. The van der Waals surface area contributed by atoms with Gasteiger partial charge in [0.15, 0.2) is 17.5 Å². The highest BCUT2D eigenvalue weighted by molar-refractivity contribution is 5.79. The van der Waals surface area contributed by atoms with Gasteiger partial charge in [-0.25, -0.2) is 4.99 Å². The number of methoxy groups -OCH3 is 3. The molecule has 1 saturated carbocycles. The Morgan fingerprint density at radius 1 is 1.07 bits per heavy atom. The summed E-state index contributed by atoms with van der Waals surface area (Å²) in [5, 5.41) is 6.74. The summed E-state index contributed by atoms with van der Waals surface area (Å²) in [5.74, 6) is 2.69. The molecule has 0 bridgehead atoms. The van der Waals surface area contributed by atoms with Crippen molar-refractivity contribution in [3.05, 3.63) is 17.7 Å². The van der Waals surface area contributed by atoms with E-state index in [1.807, 2.05) is 12.1 Å². The van der Waals surface area contributed by atoms with Crippen LogP contribution in [0.5, 0.6) is 17.2 Å². The predicted molar refractivity (Wildman–Crippen MR) is 114 cm³/mol. The Morgan fingerprint density at radius 3 is 2.25 bits per heavy atom. The molecule has 0 amide bonds. The summed E-state index contributed by atoms with van der Waals surface area (Å²) in [7, 11) is 7.07. The van der Waals surface area contributed by atoms with Crippen LogP contribution in [-0.4, -0.2) is 64.9 Å². The molecule has 2 rings (SSSR count). The summed E-state index contributed by atoms with van der Waals surface area (Å²) >= 11 is 0. The van der Waals surface area contributed by atoms with Gasteiger partial charge in [-0.2, -0.15) is 0 Å². The number of likely N-dealkylation sites (N-methyl/N-ethyl adjacent to an activating group) is 1. The van der Waals surface area contributed by atoms with Gasteiger partial charge in [0.25, 0.3) is 0 Å². The van der Waals surface area contributed by atoms with Crippen LogP contribution < -0.4 is 24.8 Å². The quantitative estimate of drug-likeness (QED) is 0.471. The maximum atomic E-state index is 5.42. The Balaban J connectivity index is 1.97. The zero-order valence-corrected chi connectivity index (χ0v) is 18.0. The van der Waals surface area contributed by atoms with Crippen LogP contribution in [-0.2, 0) is 6.54 Å². The third-order valence-electron chi connectivity index (χ3n) is 5.19. The Kier molecular flexibility index (Phi) is 9.20. The molecular weight excluding hydrogens is 356 g/mol. The van der Waals surface area contributed by atoms with E-state index >= 15 is 0 Å². The molecular formula is C21H36N4O3. The fraction of sp³-hybridized carbons (Fsp3) is 0.667. The second-order valence-corrected chi connectivity index (χ2v) is 7.07. The summed E-state index contributed by atoms with van der Waals surface area (Å²) < 4.78 is 16.2. The van der Waals surface area contributed by atoms with Crippen LogP contribution in [0.2, 0.25) is 0 Å². The van der Waals surface area contributed by atoms with Gasteiger partial charge in [0.05, 0.1) is 27.9 Å². The van der Waals surface area contributed by atoms with Crippen molar-refractivity contribution in [2.24, 2.45) is 4.99 Å². The Morgan fingerprint density at radius 2 is 1.71 bits per heavy atom. The first kappa shape index (κ1) is 22.1. The fourth-order valence-electron chi connectivity index (χ4n) is 3.62. The zero-order chi connectivity index (χ0) is 20.4. The molecule has 0 heterocycles. The molecule has 1 aromatic rings. The second-order valence-electron chi connectivity index (χ2n) is 7.07. The number of hydrogen-bond acceptors (Lipinski definition) is 5. The van der Waals surface area contributed by atoms with E-state index in [2.05, 4.69) is 29.5 Å². The molecule has 2 N–H and O–H groups in total. The van der Waals surface area contributed by atoms with Crippen molar-refractivity contribution >= 4 is 5.96 Å². The van der Waals surface area contributed by atoms with Gasteiger partial charge >= 0.3 is 0 Å². The summed E-state index contributed by atoms with van der Waals surface area (Å²) in [6.07, 6.45) is 5.38. The van der Waals surface area contributed by atoms with Crippen LogP contribution in [0.4, 0.5) is 0 Å². The average Bonchev–Trinajstić information content (AvgIpc) is 3.26. The molecule has 0 atom stereocenters. The average molecular weight is 393 g/mol. The number of nitrogens with zero attached hydrogens (tertiary/aromatic N) is 2. The smallest absolute Gasteiger partial charge is 0.203 e. The zero-order valence-electron chi connectivity index (χ0n) is 18.0. The molecule has 158 valence electrons. The Hall–Kier alpha value is -2.15. The van der Waals surface area contributed by atoms with Crippen molar-refractivity contribution in [2.75, 3.05) is 48.0 Å². The molecule has 7 nitrogen and oxygen atoms in total. The van der Waals surface area contributed by atoms with E-state index in [0.717, 1.165) is 37.2 Å². The number of benzene rings is 1. The summed E-state index contributed by atoms with van der Waals surface area (Å²) in [4.78, 5) is 7.17. The van der Waals surface area contributed by atoms with E-state index in [9.17, 15) is 0 Å². The minimum Gasteiger partial charge on any atom is -0.493 e. The lowest BCUT2D eigenvalue weighted by atomic mass is 10.2. The fourth-order valence-corrected chi connectivity index (χ4v) is 3.62. The van der Waals surface area contributed by atoms with Gasteiger partial charge < -0.3 is 29.7 Å². The maximum Gasteiger partial charge on any atom is 0.203 e. The van der Waals surface area contributed by atoms with Crippen molar-refractivity contribution < 1.29 is 14.2 Å². The largest absolute Gasteiger partial charge is 0.493 e. The lowest BCUT2D eigenvalue weighted by Gasteiger charge is -2.24. The molecule has 1 fully saturated rings. The van der Waals surface area contributed by atoms with Crippen molar-refractivity contribution in [3.8, 4) is 17.2 Å². The minimum atomic E-state index is 0.518. The molecule has 0 aliphatic heterocycles. The highest BCUT2D eigenvalue weighted by Crippen LogP contribution is 2.38. The summed E-state index contributed by atoms with van der Waals surface area (Å²) in [5.41, 5.74) is 0.995. The normalized spacial score (nSPS) is 15.0. The highest BCUT2D eigenvalue weighted by atomic mass is 16.5. The first-order valence-electron chi connectivity index (χ1n) is 10.1. The number of ether oxygens (including phenoxy) is 3. The first-order valence-corrected chi connectivity index (χ1v) is 10.1. The second kappa shape index (κ2) is 11.6. The van der Waals surface area contributed by atoms with E-state index in [-0.39, 0.29) is 0 Å². The first-order chi connectivity index (χ1) is 13.6. The number of hydrogen-bond donors (Lipinski definition) is 2. The lowest BCUT2D eigenvalue weighted by Crippen LogP contribution is -2.42. The number of rotatable bonds is 10. The monoisotopic (exact) mass is 392 g/mol. The highest BCUT2D eigenvalue weighted by Gasteiger charge is 2.19. The van der Waals surface area contributed by atoms with Gasteiger partial charge in [-0.15, -0.1) is 0 Å². The molecule has 28 heavy (non-hydrogen) atoms. The molecule has 1 aliphatic rings. The summed E-state index contributed by atoms with van der Waals surface area (Å²) in [6.45, 7) is 5.29. The van der Waals surface area contributed by atoms with Gasteiger partial charge in [0.1, 0.15) is 0 Å². The maximum absolute atomic E-state index is 5.42. The van der Waals surface area contributed by atoms with Crippen LogP contribution in [0, 0.1) is 0 Å². The van der Waals surface area contributed by atoms with Gasteiger partial charge in [-0.05, 0) is 44.5 Å². The number of guanidine groups is 1. The van der Waals surface area contributed by atoms with Gasteiger partial charge in [0.2, 0.25) is 5.75 Å².